The number of aromatic nitrogens is 1. The molecule has 2 amide bonds. The zero-order valence-electron chi connectivity index (χ0n) is 13.8. The number of halogens is 1. The van der Waals surface area contributed by atoms with Crippen LogP contribution in [0.15, 0.2) is 77.5 Å². The molecule has 0 saturated heterocycles. The minimum atomic E-state index is -0.253. The van der Waals surface area contributed by atoms with Gasteiger partial charge in [0.05, 0.1) is 12.0 Å². The number of rotatable bonds is 5. The third kappa shape index (κ3) is 5.00. The molecule has 0 aliphatic heterocycles. The summed E-state index contributed by atoms with van der Waals surface area (Å²) in [6.45, 7) is 0. The summed E-state index contributed by atoms with van der Waals surface area (Å²) in [5.74, 6) is -0.375. The molecule has 0 aliphatic rings. The number of carbonyl (C=O) groups excluding carboxylic acids is 2. The van der Waals surface area contributed by atoms with Gasteiger partial charge in [0.2, 0.25) is 5.91 Å². The standard InChI is InChI=1S/C20H16BrN3O2/c21-16-8-6-14(7-9-16)11-19(25)23-17-4-1-5-18(12-17)24-20(26)15-3-2-10-22-13-15/h1-10,12-13H,11H2,(H,23,25)(H,24,26). The summed E-state index contributed by atoms with van der Waals surface area (Å²) in [7, 11) is 0. The van der Waals surface area contributed by atoms with E-state index < -0.39 is 0 Å². The Kier molecular flexibility index (Phi) is 5.76. The molecule has 2 N–H and O–H groups in total. The van der Waals surface area contributed by atoms with Crippen LogP contribution >= 0.6 is 15.9 Å². The van der Waals surface area contributed by atoms with Crippen molar-refractivity contribution in [1.82, 2.24) is 4.98 Å². The van der Waals surface area contributed by atoms with E-state index in [1.54, 1.807) is 42.6 Å². The SMILES string of the molecule is O=C(Cc1ccc(Br)cc1)Nc1cccc(NC(=O)c2cccnc2)c1. The fourth-order valence-electron chi connectivity index (χ4n) is 2.37. The van der Waals surface area contributed by atoms with Crippen LogP contribution in [-0.2, 0) is 11.2 Å². The van der Waals surface area contributed by atoms with E-state index in [-0.39, 0.29) is 18.2 Å². The number of benzene rings is 2. The average Bonchev–Trinajstić information content (AvgIpc) is 2.64. The third-order valence-corrected chi connectivity index (χ3v) is 4.13. The first kappa shape index (κ1) is 17.8. The van der Waals surface area contributed by atoms with Crippen LogP contribution in [0.2, 0.25) is 0 Å². The predicted octanol–water partition coefficient (Wildman–Crippen LogP) is 4.28. The normalized spacial score (nSPS) is 10.2. The summed E-state index contributed by atoms with van der Waals surface area (Å²) in [5.41, 5.74) is 2.61. The van der Waals surface area contributed by atoms with Gasteiger partial charge in [0.15, 0.2) is 0 Å². The molecule has 1 heterocycles. The van der Waals surface area contributed by atoms with Crippen LogP contribution < -0.4 is 10.6 Å². The van der Waals surface area contributed by atoms with Crippen LogP contribution in [0.4, 0.5) is 11.4 Å². The molecule has 0 unspecified atom stereocenters. The van der Waals surface area contributed by atoms with Gasteiger partial charge < -0.3 is 10.6 Å². The lowest BCUT2D eigenvalue weighted by Gasteiger charge is -2.09. The number of carbonyl (C=O) groups is 2. The van der Waals surface area contributed by atoms with Gasteiger partial charge in [-0.1, -0.05) is 34.1 Å². The molecular formula is C20H16BrN3O2. The first-order chi connectivity index (χ1) is 12.6. The monoisotopic (exact) mass is 409 g/mol. The Balaban J connectivity index is 1.62. The van der Waals surface area contributed by atoms with E-state index >= 15 is 0 Å². The summed E-state index contributed by atoms with van der Waals surface area (Å²) in [4.78, 5) is 28.3. The van der Waals surface area contributed by atoms with Crippen molar-refractivity contribution in [2.45, 2.75) is 6.42 Å². The van der Waals surface area contributed by atoms with Crippen LogP contribution in [0.3, 0.4) is 0 Å². The fourth-order valence-corrected chi connectivity index (χ4v) is 2.63. The van der Waals surface area contributed by atoms with E-state index in [4.69, 9.17) is 0 Å². The number of nitrogens with zero attached hydrogens (tertiary/aromatic N) is 1. The van der Waals surface area contributed by atoms with E-state index in [1.165, 1.54) is 6.20 Å². The van der Waals surface area contributed by atoms with Crippen molar-refractivity contribution in [3.8, 4) is 0 Å². The molecule has 5 nitrogen and oxygen atoms in total. The average molecular weight is 410 g/mol. The third-order valence-electron chi connectivity index (χ3n) is 3.61. The molecule has 0 aliphatic carbocycles. The number of nitrogens with one attached hydrogen (secondary N) is 2. The summed E-state index contributed by atoms with van der Waals surface area (Å²) in [5, 5.41) is 5.64. The summed E-state index contributed by atoms with van der Waals surface area (Å²) in [6.07, 6.45) is 3.39. The lowest BCUT2D eigenvalue weighted by molar-refractivity contribution is -0.115. The molecule has 1 aromatic heterocycles. The maximum atomic E-state index is 12.2. The molecule has 3 aromatic rings. The molecule has 0 saturated carbocycles. The molecule has 0 atom stereocenters. The van der Waals surface area contributed by atoms with Crippen LogP contribution in [0, 0.1) is 0 Å². The van der Waals surface area contributed by atoms with Gasteiger partial charge in [-0.15, -0.1) is 0 Å². The quantitative estimate of drug-likeness (QED) is 0.660. The molecule has 0 radical (unpaired) electrons. The topological polar surface area (TPSA) is 71.1 Å². The minimum absolute atomic E-state index is 0.122. The van der Waals surface area contributed by atoms with Gasteiger partial charge in [-0.25, -0.2) is 0 Å². The molecule has 0 fully saturated rings. The van der Waals surface area contributed by atoms with E-state index in [2.05, 4.69) is 31.5 Å². The van der Waals surface area contributed by atoms with E-state index in [9.17, 15) is 9.59 Å². The van der Waals surface area contributed by atoms with Crippen molar-refractivity contribution in [3.05, 3.63) is 88.7 Å². The van der Waals surface area contributed by atoms with Gasteiger partial charge >= 0.3 is 0 Å². The zero-order valence-corrected chi connectivity index (χ0v) is 15.4. The lowest BCUT2D eigenvalue weighted by atomic mass is 10.1. The van der Waals surface area contributed by atoms with Crippen LogP contribution in [0.5, 0.6) is 0 Å². The van der Waals surface area contributed by atoms with Crippen LogP contribution in [0.25, 0.3) is 0 Å². The second-order valence-corrected chi connectivity index (χ2v) is 6.54. The summed E-state index contributed by atoms with van der Waals surface area (Å²) in [6, 6.07) is 18.0. The summed E-state index contributed by atoms with van der Waals surface area (Å²) >= 11 is 3.37. The van der Waals surface area contributed by atoms with E-state index in [0.29, 0.717) is 16.9 Å². The first-order valence-corrected chi connectivity index (χ1v) is 8.75. The second kappa shape index (κ2) is 8.40. The largest absolute Gasteiger partial charge is 0.326 e. The van der Waals surface area contributed by atoms with Crippen molar-refractivity contribution < 1.29 is 9.59 Å². The first-order valence-electron chi connectivity index (χ1n) is 7.96. The molecule has 26 heavy (non-hydrogen) atoms. The van der Waals surface area contributed by atoms with Gasteiger partial charge in [-0.3, -0.25) is 14.6 Å². The Morgan fingerprint density at radius 2 is 1.65 bits per heavy atom. The number of hydrogen-bond acceptors (Lipinski definition) is 3. The lowest BCUT2D eigenvalue weighted by Crippen LogP contribution is -2.15. The van der Waals surface area contributed by atoms with Gasteiger partial charge in [-0.2, -0.15) is 0 Å². The Labute approximate surface area is 159 Å². The smallest absolute Gasteiger partial charge is 0.257 e. The number of pyridine rings is 1. The van der Waals surface area contributed by atoms with Crippen LogP contribution in [-0.4, -0.2) is 16.8 Å². The summed E-state index contributed by atoms with van der Waals surface area (Å²) < 4.78 is 0.971. The highest BCUT2D eigenvalue weighted by Gasteiger charge is 2.08. The molecule has 6 heteroatoms. The van der Waals surface area contributed by atoms with Crippen molar-refractivity contribution >= 4 is 39.1 Å². The number of hydrogen-bond donors (Lipinski definition) is 2. The van der Waals surface area contributed by atoms with Crippen molar-refractivity contribution in [2.75, 3.05) is 10.6 Å². The Morgan fingerprint density at radius 3 is 2.35 bits per heavy atom. The van der Waals surface area contributed by atoms with Gasteiger partial charge in [0.25, 0.3) is 5.91 Å². The molecular weight excluding hydrogens is 394 g/mol. The van der Waals surface area contributed by atoms with Crippen molar-refractivity contribution in [3.63, 3.8) is 0 Å². The second-order valence-electron chi connectivity index (χ2n) is 5.63. The van der Waals surface area contributed by atoms with Gasteiger partial charge in [0, 0.05) is 28.2 Å². The minimum Gasteiger partial charge on any atom is -0.326 e. The van der Waals surface area contributed by atoms with Gasteiger partial charge in [-0.05, 0) is 48.0 Å². The molecule has 130 valence electrons. The highest BCUT2D eigenvalue weighted by Crippen LogP contribution is 2.17. The van der Waals surface area contributed by atoms with E-state index in [1.807, 2.05) is 24.3 Å². The van der Waals surface area contributed by atoms with Crippen molar-refractivity contribution in [2.24, 2.45) is 0 Å². The number of amides is 2. The fraction of sp³-hybridized carbons (Fsp3) is 0.0500. The highest BCUT2D eigenvalue weighted by molar-refractivity contribution is 9.10. The van der Waals surface area contributed by atoms with Crippen molar-refractivity contribution in [1.29, 1.82) is 0 Å². The maximum absolute atomic E-state index is 12.2. The number of anilines is 2. The maximum Gasteiger partial charge on any atom is 0.257 e. The van der Waals surface area contributed by atoms with E-state index in [0.717, 1.165) is 10.0 Å². The Morgan fingerprint density at radius 1 is 0.923 bits per heavy atom. The molecule has 0 spiro atoms. The van der Waals surface area contributed by atoms with Crippen LogP contribution in [0.1, 0.15) is 15.9 Å². The zero-order chi connectivity index (χ0) is 18.4. The highest BCUT2D eigenvalue weighted by atomic mass is 79.9. The Hall–Kier alpha value is -2.99. The molecule has 2 aromatic carbocycles. The Bertz CT molecular complexity index is 912. The predicted molar refractivity (Wildman–Crippen MR) is 105 cm³/mol. The molecule has 3 rings (SSSR count). The molecule has 0 bridgehead atoms. The van der Waals surface area contributed by atoms with Gasteiger partial charge in [0.1, 0.15) is 0 Å².